The number of Topliss-reactive ketones (excluding diaryl/α,β-unsaturated/α-hetero) is 1. The maximum absolute atomic E-state index is 14.8. The summed E-state index contributed by atoms with van der Waals surface area (Å²) in [5.74, 6) is -1.96. The minimum absolute atomic E-state index is 0.0730. The van der Waals surface area contributed by atoms with Gasteiger partial charge in [-0.1, -0.05) is 0 Å². The van der Waals surface area contributed by atoms with Gasteiger partial charge in [0.2, 0.25) is 0 Å². The summed E-state index contributed by atoms with van der Waals surface area (Å²) in [6.07, 6.45) is 0.159. The van der Waals surface area contributed by atoms with Gasteiger partial charge in [0, 0.05) is 35.6 Å². The standard InChI is InChI=1S/C18H21FO6S/c1-18(2,17(22)23)9-11(21)14-7-10-13(26-14)8-12(24-3)16(15(10)19)25-6-4-5-20/h7-8,20H,4-6,9H2,1-3H3,(H,22,23). The fourth-order valence-corrected chi connectivity index (χ4v) is 3.35. The highest BCUT2D eigenvalue weighted by Gasteiger charge is 2.31. The molecule has 1 aromatic carbocycles. The number of rotatable bonds is 9. The molecule has 2 N–H and O–H groups in total. The van der Waals surface area contributed by atoms with Crippen LogP contribution < -0.4 is 9.47 Å². The normalized spacial score (nSPS) is 11.6. The average Bonchev–Trinajstić information content (AvgIpc) is 3.00. The molecule has 1 heterocycles. The van der Waals surface area contributed by atoms with Gasteiger partial charge in [0.25, 0.3) is 0 Å². The molecule has 0 atom stereocenters. The van der Waals surface area contributed by atoms with Crippen LogP contribution in [0.25, 0.3) is 10.1 Å². The molecule has 6 nitrogen and oxygen atoms in total. The van der Waals surface area contributed by atoms with Crippen molar-refractivity contribution in [1.29, 1.82) is 0 Å². The van der Waals surface area contributed by atoms with Crippen LogP contribution in [0.3, 0.4) is 0 Å². The Kier molecular flexibility index (Phi) is 6.20. The first-order valence-electron chi connectivity index (χ1n) is 8.01. The highest BCUT2D eigenvalue weighted by atomic mass is 32.1. The molecule has 0 saturated heterocycles. The van der Waals surface area contributed by atoms with Crippen molar-refractivity contribution in [3.05, 3.63) is 22.8 Å². The number of methoxy groups -OCH3 is 1. The van der Waals surface area contributed by atoms with E-state index in [0.29, 0.717) is 11.1 Å². The Bertz CT molecular complexity index is 827. The van der Waals surface area contributed by atoms with Crippen molar-refractivity contribution in [3.63, 3.8) is 0 Å². The monoisotopic (exact) mass is 384 g/mol. The molecule has 8 heteroatoms. The number of ether oxygens (including phenoxy) is 2. The molecule has 1 aromatic heterocycles. The van der Waals surface area contributed by atoms with Crippen LogP contribution in [0.15, 0.2) is 12.1 Å². The van der Waals surface area contributed by atoms with Crippen LogP contribution >= 0.6 is 11.3 Å². The third-order valence-corrected chi connectivity index (χ3v) is 5.03. The third kappa shape index (κ3) is 4.13. The minimum atomic E-state index is -1.21. The molecule has 0 radical (unpaired) electrons. The van der Waals surface area contributed by atoms with Crippen LogP contribution in [0, 0.1) is 11.2 Å². The van der Waals surface area contributed by atoms with Crippen molar-refractivity contribution in [3.8, 4) is 11.5 Å². The van der Waals surface area contributed by atoms with Gasteiger partial charge in [0.15, 0.2) is 23.1 Å². The van der Waals surface area contributed by atoms with Crippen LogP contribution in [-0.4, -0.2) is 42.3 Å². The lowest BCUT2D eigenvalue weighted by Crippen LogP contribution is -2.26. The van der Waals surface area contributed by atoms with Crippen molar-refractivity contribution in [1.82, 2.24) is 0 Å². The first kappa shape index (κ1) is 20.1. The molecule has 142 valence electrons. The average molecular weight is 384 g/mol. The maximum Gasteiger partial charge on any atom is 0.309 e. The number of fused-ring (bicyclic) bond motifs is 1. The van der Waals surface area contributed by atoms with Gasteiger partial charge in [0.1, 0.15) is 0 Å². The number of hydrogen-bond acceptors (Lipinski definition) is 6. The summed E-state index contributed by atoms with van der Waals surface area (Å²) in [4.78, 5) is 23.9. The number of hydrogen-bond donors (Lipinski definition) is 2. The number of aliphatic hydroxyl groups excluding tert-OH is 1. The Morgan fingerprint density at radius 2 is 2.00 bits per heavy atom. The molecule has 0 amide bonds. The van der Waals surface area contributed by atoms with Gasteiger partial charge in [-0.05, 0) is 19.9 Å². The lowest BCUT2D eigenvalue weighted by Gasteiger charge is -2.16. The van der Waals surface area contributed by atoms with E-state index in [0.717, 1.165) is 11.3 Å². The summed E-state index contributed by atoms with van der Waals surface area (Å²) in [5.41, 5.74) is -1.21. The van der Waals surface area contributed by atoms with Crippen molar-refractivity contribution in [2.24, 2.45) is 5.41 Å². The molecule has 0 aliphatic rings. The van der Waals surface area contributed by atoms with E-state index in [1.54, 1.807) is 6.07 Å². The molecular weight excluding hydrogens is 363 g/mol. The van der Waals surface area contributed by atoms with Crippen molar-refractivity contribution < 1.29 is 33.7 Å². The van der Waals surface area contributed by atoms with E-state index >= 15 is 0 Å². The zero-order chi connectivity index (χ0) is 19.5. The minimum Gasteiger partial charge on any atom is -0.493 e. The molecule has 0 fully saturated rings. The summed E-state index contributed by atoms with van der Waals surface area (Å²) in [6.45, 7) is 2.98. The van der Waals surface area contributed by atoms with E-state index in [9.17, 15) is 14.0 Å². The zero-order valence-electron chi connectivity index (χ0n) is 14.8. The van der Waals surface area contributed by atoms with Gasteiger partial charge in [-0.15, -0.1) is 11.3 Å². The van der Waals surface area contributed by atoms with Crippen molar-refractivity contribution in [2.45, 2.75) is 26.7 Å². The fourth-order valence-electron chi connectivity index (χ4n) is 2.33. The van der Waals surface area contributed by atoms with E-state index < -0.39 is 17.2 Å². The lowest BCUT2D eigenvalue weighted by molar-refractivity contribution is -0.146. The second kappa shape index (κ2) is 8.01. The fraction of sp³-hybridized carbons (Fsp3) is 0.444. The molecule has 0 spiro atoms. The van der Waals surface area contributed by atoms with Crippen LogP contribution in [0.1, 0.15) is 36.4 Å². The van der Waals surface area contributed by atoms with E-state index in [1.807, 2.05) is 0 Å². The van der Waals surface area contributed by atoms with Gasteiger partial charge in [0.05, 0.1) is 24.0 Å². The second-order valence-corrected chi connectivity index (χ2v) is 7.54. The Labute approximate surface area is 154 Å². The predicted octanol–water partition coefficient (Wildman–Crippen LogP) is 3.49. The summed E-state index contributed by atoms with van der Waals surface area (Å²) in [5, 5.41) is 18.2. The highest BCUT2D eigenvalue weighted by Crippen LogP contribution is 2.40. The van der Waals surface area contributed by atoms with E-state index in [4.69, 9.17) is 19.7 Å². The number of ketones is 1. The maximum atomic E-state index is 14.8. The van der Waals surface area contributed by atoms with Crippen molar-refractivity contribution >= 4 is 33.2 Å². The molecule has 26 heavy (non-hydrogen) atoms. The largest absolute Gasteiger partial charge is 0.493 e. The molecule has 0 unspecified atom stereocenters. The molecule has 2 rings (SSSR count). The second-order valence-electron chi connectivity index (χ2n) is 6.46. The van der Waals surface area contributed by atoms with E-state index in [1.165, 1.54) is 27.0 Å². The first-order valence-corrected chi connectivity index (χ1v) is 8.83. The van der Waals surface area contributed by atoms with Gasteiger partial charge in [-0.2, -0.15) is 0 Å². The number of aliphatic hydroxyl groups is 1. The summed E-state index contributed by atoms with van der Waals surface area (Å²) in [6, 6.07) is 2.99. The van der Waals surface area contributed by atoms with Crippen LogP contribution in [0.4, 0.5) is 4.39 Å². The summed E-state index contributed by atoms with van der Waals surface area (Å²) < 4.78 is 25.9. The van der Waals surface area contributed by atoms with Gasteiger partial charge >= 0.3 is 5.97 Å². The number of carbonyl (C=O) groups is 2. The Morgan fingerprint density at radius 3 is 2.58 bits per heavy atom. The number of benzene rings is 1. The molecule has 0 saturated carbocycles. The summed E-state index contributed by atoms with van der Waals surface area (Å²) in [7, 11) is 1.38. The molecule has 2 aromatic rings. The van der Waals surface area contributed by atoms with Gasteiger partial charge in [-0.25, -0.2) is 4.39 Å². The Hall–Kier alpha value is -2.19. The lowest BCUT2D eigenvalue weighted by atomic mass is 9.87. The number of carbonyl (C=O) groups excluding carboxylic acids is 1. The Balaban J connectivity index is 2.39. The predicted molar refractivity (Wildman–Crippen MR) is 95.9 cm³/mol. The number of carboxylic acid groups (broad SMARTS) is 1. The van der Waals surface area contributed by atoms with Crippen LogP contribution in [0.2, 0.25) is 0 Å². The molecular formula is C18H21FO6S. The van der Waals surface area contributed by atoms with Crippen LogP contribution in [-0.2, 0) is 4.79 Å². The number of aliphatic carboxylic acids is 1. The number of carboxylic acids is 1. The first-order chi connectivity index (χ1) is 12.2. The zero-order valence-corrected chi connectivity index (χ0v) is 15.6. The van der Waals surface area contributed by atoms with Crippen molar-refractivity contribution in [2.75, 3.05) is 20.3 Å². The third-order valence-electron chi connectivity index (χ3n) is 3.91. The summed E-state index contributed by atoms with van der Waals surface area (Å²) >= 11 is 1.08. The topological polar surface area (TPSA) is 93.1 Å². The highest BCUT2D eigenvalue weighted by molar-refractivity contribution is 7.20. The van der Waals surface area contributed by atoms with Gasteiger partial charge < -0.3 is 19.7 Å². The Morgan fingerprint density at radius 1 is 1.31 bits per heavy atom. The molecule has 0 aliphatic carbocycles. The number of thiophene rings is 1. The van der Waals surface area contributed by atoms with Crippen LogP contribution in [0.5, 0.6) is 11.5 Å². The van der Waals surface area contributed by atoms with Gasteiger partial charge in [-0.3, -0.25) is 9.59 Å². The molecule has 0 bridgehead atoms. The number of halogens is 1. The quantitative estimate of drug-likeness (QED) is 0.508. The van der Waals surface area contributed by atoms with E-state index in [2.05, 4.69) is 0 Å². The SMILES string of the molecule is COc1cc2sc(C(=O)CC(C)(C)C(=O)O)cc2c(F)c1OCCCO. The smallest absolute Gasteiger partial charge is 0.309 e. The van der Waals surface area contributed by atoms with E-state index in [-0.39, 0.29) is 47.2 Å². The molecule has 0 aliphatic heterocycles.